The van der Waals surface area contributed by atoms with E-state index in [1.165, 1.54) is 19.3 Å². The second kappa shape index (κ2) is 8.67. The number of nitrogen functional groups attached to an aromatic ring is 1. The normalized spacial score (nSPS) is 12.4. The van der Waals surface area contributed by atoms with E-state index in [4.69, 9.17) is 10.5 Å². The van der Waals surface area contributed by atoms with Crippen LogP contribution in [0.15, 0.2) is 12.1 Å². The van der Waals surface area contributed by atoms with Crippen LogP contribution in [0.25, 0.3) is 0 Å². The van der Waals surface area contributed by atoms with E-state index in [1.54, 1.807) is 0 Å². The highest BCUT2D eigenvalue weighted by molar-refractivity contribution is 5.53. The minimum atomic E-state index is 0.413. The van der Waals surface area contributed by atoms with Crippen molar-refractivity contribution in [3.8, 4) is 5.88 Å². The Morgan fingerprint density at radius 3 is 2.65 bits per heavy atom. The van der Waals surface area contributed by atoms with E-state index in [9.17, 15) is 0 Å². The molecule has 1 aromatic rings. The molecule has 0 amide bonds. The van der Waals surface area contributed by atoms with Gasteiger partial charge in [-0.25, -0.2) is 0 Å². The molecule has 0 spiro atoms. The summed E-state index contributed by atoms with van der Waals surface area (Å²) in [6, 6.07) is 4.17. The molecule has 0 fully saturated rings. The Labute approximate surface area is 123 Å². The lowest BCUT2D eigenvalue weighted by Gasteiger charge is -2.16. The number of pyridine rings is 1. The van der Waals surface area contributed by atoms with E-state index < -0.39 is 0 Å². The molecule has 0 aliphatic carbocycles. The highest BCUT2D eigenvalue weighted by atomic mass is 16.5. The first kappa shape index (κ1) is 16.6. The zero-order valence-electron chi connectivity index (χ0n) is 13.3. The van der Waals surface area contributed by atoms with Gasteiger partial charge in [0.15, 0.2) is 0 Å². The summed E-state index contributed by atoms with van der Waals surface area (Å²) in [5.41, 5.74) is 6.48. The van der Waals surface area contributed by atoms with Gasteiger partial charge in [0.2, 0.25) is 5.88 Å². The van der Waals surface area contributed by atoms with Gasteiger partial charge < -0.3 is 15.8 Å². The van der Waals surface area contributed by atoms with Crippen molar-refractivity contribution in [2.24, 2.45) is 5.92 Å². The Morgan fingerprint density at radius 1 is 1.25 bits per heavy atom. The molecule has 4 nitrogen and oxygen atoms in total. The summed E-state index contributed by atoms with van der Waals surface area (Å²) in [6.45, 7) is 9.25. The number of hydrogen-bond donors (Lipinski definition) is 2. The molecule has 114 valence electrons. The van der Waals surface area contributed by atoms with Crippen LogP contribution >= 0.6 is 0 Å². The molecule has 20 heavy (non-hydrogen) atoms. The van der Waals surface area contributed by atoms with E-state index in [2.05, 4.69) is 38.0 Å². The number of nitrogens with two attached hydrogens (primary N) is 1. The summed E-state index contributed by atoms with van der Waals surface area (Å²) in [6.07, 6.45) is 4.93. The van der Waals surface area contributed by atoms with Crippen LogP contribution in [0.4, 0.5) is 11.5 Å². The van der Waals surface area contributed by atoms with Crippen LogP contribution < -0.4 is 15.8 Å². The molecule has 1 aromatic heterocycles. The van der Waals surface area contributed by atoms with E-state index >= 15 is 0 Å². The fourth-order valence-electron chi connectivity index (χ4n) is 1.92. The average molecular weight is 279 g/mol. The number of anilines is 2. The molecule has 0 aliphatic heterocycles. The maximum atomic E-state index is 5.89. The lowest BCUT2D eigenvalue weighted by atomic mass is 10.1. The van der Waals surface area contributed by atoms with E-state index in [0.717, 1.165) is 12.2 Å². The minimum absolute atomic E-state index is 0.413. The van der Waals surface area contributed by atoms with Crippen molar-refractivity contribution in [2.45, 2.75) is 59.4 Å². The van der Waals surface area contributed by atoms with E-state index in [1.807, 2.05) is 12.1 Å². The molecule has 0 aromatic carbocycles. The summed E-state index contributed by atoms with van der Waals surface area (Å²) in [5.74, 6) is 1.83. The molecule has 3 N–H and O–H groups in total. The lowest BCUT2D eigenvalue weighted by molar-refractivity contribution is 0.263. The highest BCUT2D eigenvalue weighted by Crippen LogP contribution is 2.22. The number of ether oxygens (including phenoxy) is 1. The summed E-state index contributed by atoms with van der Waals surface area (Å²) in [4.78, 5) is 4.45. The number of rotatable bonds is 9. The Kier molecular flexibility index (Phi) is 7.20. The number of nitrogens with one attached hydrogen (secondary N) is 1. The van der Waals surface area contributed by atoms with Gasteiger partial charge in [0.25, 0.3) is 0 Å². The molecular weight excluding hydrogens is 250 g/mol. The van der Waals surface area contributed by atoms with Crippen molar-refractivity contribution in [1.29, 1.82) is 0 Å². The smallest absolute Gasteiger partial charge is 0.239 e. The zero-order valence-corrected chi connectivity index (χ0v) is 13.3. The SMILES string of the molecule is CCCCCC(C)Nc1ccc(N)c(OCC(C)C)n1. The van der Waals surface area contributed by atoms with E-state index in [0.29, 0.717) is 30.1 Å². The van der Waals surface area contributed by atoms with Crippen LogP contribution in [0, 0.1) is 5.92 Å². The first-order chi connectivity index (χ1) is 9.52. The third-order valence-corrected chi connectivity index (χ3v) is 3.08. The summed E-state index contributed by atoms with van der Waals surface area (Å²) in [7, 11) is 0. The maximum Gasteiger partial charge on any atom is 0.239 e. The first-order valence-corrected chi connectivity index (χ1v) is 7.68. The Bertz CT molecular complexity index is 393. The molecule has 0 saturated carbocycles. The Morgan fingerprint density at radius 2 is 2.00 bits per heavy atom. The van der Waals surface area contributed by atoms with Crippen molar-refractivity contribution in [2.75, 3.05) is 17.7 Å². The molecule has 0 aliphatic rings. The third kappa shape index (κ3) is 6.13. The zero-order chi connectivity index (χ0) is 15.0. The van der Waals surface area contributed by atoms with Gasteiger partial charge >= 0.3 is 0 Å². The molecule has 0 radical (unpaired) electrons. The van der Waals surface area contributed by atoms with Crippen molar-refractivity contribution < 1.29 is 4.74 Å². The second-order valence-corrected chi connectivity index (χ2v) is 5.84. The van der Waals surface area contributed by atoms with Crippen LogP contribution in [0.2, 0.25) is 0 Å². The summed E-state index contributed by atoms with van der Waals surface area (Å²) >= 11 is 0. The van der Waals surface area contributed by atoms with Gasteiger partial charge in [-0.05, 0) is 31.4 Å². The van der Waals surface area contributed by atoms with Crippen LogP contribution in [0.3, 0.4) is 0 Å². The highest BCUT2D eigenvalue weighted by Gasteiger charge is 2.08. The predicted molar refractivity (Wildman–Crippen MR) is 86.2 cm³/mol. The number of aromatic nitrogens is 1. The standard InChI is InChI=1S/C16H29N3O/c1-5-6-7-8-13(4)18-15-10-9-14(17)16(19-15)20-11-12(2)3/h9-10,12-13H,5-8,11,17H2,1-4H3,(H,18,19). The van der Waals surface area contributed by atoms with Gasteiger partial charge in [-0.15, -0.1) is 0 Å². The topological polar surface area (TPSA) is 60.2 Å². The van der Waals surface area contributed by atoms with Gasteiger partial charge in [-0.3, -0.25) is 0 Å². The van der Waals surface area contributed by atoms with Crippen LogP contribution in [0.5, 0.6) is 5.88 Å². The van der Waals surface area contributed by atoms with Gasteiger partial charge in [0.05, 0.1) is 12.3 Å². The Hall–Kier alpha value is -1.45. The lowest BCUT2D eigenvalue weighted by Crippen LogP contribution is -2.16. The van der Waals surface area contributed by atoms with Gasteiger partial charge in [-0.2, -0.15) is 4.98 Å². The van der Waals surface area contributed by atoms with Crippen LogP contribution in [-0.2, 0) is 0 Å². The molecule has 0 bridgehead atoms. The van der Waals surface area contributed by atoms with Gasteiger partial charge in [0.1, 0.15) is 5.82 Å². The fourth-order valence-corrected chi connectivity index (χ4v) is 1.92. The molecule has 1 heterocycles. The summed E-state index contributed by atoms with van der Waals surface area (Å²) < 4.78 is 5.64. The number of unbranched alkanes of at least 4 members (excludes halogenated alkanes) is 2. The predicted octanol–water partition coefficient (Wildman–Crippen LogP) is 4.08. The first-order valence-electron chi connectivity index (χ1n) is 7.68. The van der Waals surface area contributed by atoms with Crippen molar-refractivity contribution in [3.63, 3.8) is 0 Å². The minimum Gasteiger partial charge on any atom is -0.476 e. The van der Waals surface area contributed by atoms with Crippen LogP contribution in [0.1, 0.15) is 53.4 Å². The van der Waals surface area contributed by atoms with Gasteiger partial charge in [-0.1, -0.05) is 40.0 Å². The van der Waals surface area contributed by atoms with Crippen molar-refractivity contribution in [3.05, 3.63) is 12.1 Å². The maximum absolute atomic E-state index is 5.89. The number of hydrogen-bond acceptors (Lipinski definition) is 4. The average Bonchev–Trinajstić information content (AvgIpc) is 2.39. The van der Waals surface area contributed by atoms with Crippen molar-refractivity contribution in [1.82, 2.24) is 4.98 Å². The third-order valence-electron chi connectivity index (χ3n) is 3.08. The van der Waals surface area contributed by atoms with Crippen LogP contribution in [-0.4, -0.2) is 17.6 Å². The molecule has 1 rings (SSSR count). The van der Waals surface area contributed by atoms with E-state index in [-0.39, 0.29) is 0 Å². The second-order valence-electron chi connectivity index (χ2n) is 5.84. The fraction of sp³-hybridized carbons (Fsp3) is 0.688. The molecule has 1 unspecified atom stereocenters. The van der Waals surface area contributed by atoms with Crippen molar-refractivity contribution >= 4 is 11.5 Å². The largest absolute Gasteiger partial charge is 0.476 e. The molecule has 0 saturated heterocycles. The quantitative estimate of drug-likeness (QED) is 0.669. The number of nitrogens with zero attached hydrogens (tertiary/aromatic N) is 1. The molecular formula is C16H29N3O. The van der Waals surface area contributed by atoms with Gasteiger partial charge in [0, 0.05) is 6.04 Å². The Balaban J connectivity index is 2.55. The molecule has 4 heteroatoms. The molecule has 1 atom stereocenters. The summed E-state index contributed by atoms with van der Waals surface area (Å²) in [5, 5.41) is 3.41. The monoisotopic (exact) mass is 279 g/mol.